The first kappa shape index (κ1) is 6.33. The molecule has 50 valence electrons. The van der Waals surface area contributed by atoms with Gasteiger partial charge in [0, 0.05) is 0 Å². The smallest absolute Gasteiger partial charge is 0.225 e. The predicted molar refractivity (Wildman–Crippen MR) is 35.9 cm³/mol. The summed E-state index contributed by atoms with van der Waals surface area (Å²) in [4.78, 5) is 10.7. The Kier molecular flexibility index (Phi) is 1.56. The monoisotopic (exact) mass is 125 g/mol. The summed E-state index contributed by atoms with van der Waals surface area (Å²) in [6, 6.07) is 0.238. The molecule has 9 heavy (non-hydrogen) atoms. The molecule has 0 saturated carbocycles. The molecule has 1 aliphatic rings. The highest BCUT2D eigenvalue weighted by atomic mass is 16.2. The molecule has 0 aromatic heterocycles. The van der Waals surface area contributed by atoms with Gasteiger partial charge in [-0.05, 0) is 6.42 Å². The lowest BCUT2D eigenvalue weighted by Crippen LogP contribution is -2.56. The summed E-state index contributed by atoms with van der Waals surface area (Å²) in [6.45, 7) is 5.61. The number of rotatable bonds is 2. The van der Waals surface area contributed by atoms with Crippen LogP contribution in [0.3, 0.4) is 0 Å². The Balaban J connectivity index is 2.46. The summed E-state index contributed by atoms with van der Waals surface area (Å²) in [6.07, 6.45) is 2.71. The van der Waals surface area contributed by atoms with Gasteiger partial charge in [0.15, 0.2) is 0 Å². The average molecular weight is 125 g/mol. The summed E-state index contributed by atoms with van der Waals surface area (Å²) in [5, 5.41) is 2.74. The SMILES string of the molecule is C=C[C@H]1NC(=O)[C@@H]1CC. The van der Waals surface area contributed by atoms with Crippen molar-refractivity contribution in [1.82, 2.24) is 5.32 Å². The quantitative estimate of drug-likeness (QED) is 0.427. The van der Waals surface area contributed by atoms with Crippen LogP contribution in [-0.2, 0) is 4.79 Å². The van der Waals surface area contributed by atoms with Crippen LogP contribution in [0.15, 0.2) is 12.7 Å². The zero-order valence-corrected chi connectivity index (χ0v) is 5.55. The molecule has 2 heteroatoms. The van der Waals surface area contributed by atoms with Gasteiger partial charge in [-0.3, -0.25) is 4.79 Å². The van der Waals surface area contributed by atoms with E-state index in [4.69, 9.17) is 0 Å². The molecule has 0 unspecified atom stereocenters. The van der Waals surface area contributed by atoms with Gasteiger partial charge in [-0.15, -0.1) is 6.58 Å². The maximum atomic E-state index is 10.7. The van der Waals surface area contributed by atoms with E-state index in [2.05, 4.69) is 11.9 Å². The Morgan fingerprint density at radius 2 is 2.56 bits per heavy atom. The maximum absolute atomic E-state index is 10.7. The van der Waals surface area contributed by atoms with Crippen LogP contribution in [-0.4, -0.2) is 11.9 Å². The summed E-state index contributed by atoms with van der Waals surface area (Å²) >= 11 is 0. The van der Waals surface area contributed by atoms with Crippen molar-refractivity contribution in [3.8, 4) is 0 Å². The molecule has 0 radical (unpaired) electrons. The van der Waals surface area contributed by atoms with Crippen LogP contribution in [0.25, 0.3) is 0 Å². The Morgan fingerprint density at radius 1 is 1.89 bits per heavy atom. The number of nitrogens with one attached hydrogen (secondary N) is 1. The minimum absolute atomic E-state index is 0.169. The van der Waals surface area contributed by atoms with Crippen molar-refractivity contribution in [2.45, 2.75) is 19.4 Å². The molecule has 1 aliphatic heterocycles. The largest absolute Gasteiger partial charge is 0.349 e. The van der Waals surface area contributed by atoms with Crippen molar-refractivity contribution in [3.05, 3.63) is 12.7 Å². The van der Waals surface area contributed by atoms with Crippen molar-refractivity contribution < 1.29 is 4.79 Å². The molecule has 1 amide bonds. The molecule has 0 aliphatic carbocycles. The fourth-order valence-electron chi connectivity index (χ4n) is 1.10. The van der Waals surface area contributed by atoms with Crippen LogP contribution in [0.5, 0.6) is 0 Å². The second-order valence-corrected chi connectivity index (χ2v) is 2.28. The van der Waals surface area contributed by atoms with E-state index in [0.717, 1.165) is 6.42 Å². The van der Waals surface area contributed by atoms with Gasteiger partial charge >= 0.3 is 0 Å². The summed E-state index contributed by atoms with van der Waals surface area (Å²) in [5.41, 5.74) is 0. The average Bonchev–Trinajstić information content (AvgIpc) is 1.83. The topological polar surface area (TPSA) is 29.1 Å². The van der Waals surface area contributed by atoms with Gasteiger partial charge in [-0.25, -0.2) is 0 Å². The van der Waals surface area contributed by atoms with Gasteiger partial charge in [0.1, 0.15) is 0 Å². The molecular formula is C7H11NO. The fourth-order valence-corrected chi connectivity index (χ4v) is 1.10. The minimum atomic E-state index is 0.169. The molecule has 1 heterocycles. The first-order valence-corrected chi connectivity index (χ1v) is 3.22. The summed E-state index contributed by atoms with van der Waals surface area (Å²) in [5.74, 6) is 0.366. The van der Waals surface area contributed by atoms with E-state index in [0.29, 0.717) is 0 Å². The van der Waals surface area contributed by atoms with Gasteiger partial charge in [0.25, 0.3) is 0 Å². The van der Waals surface area contributed by atoms with E-state index in [9.17, 15) is 4.79 Å². The zero-order chi connectivity index (χ0) is 6.85. The van der Waals surface area contributed by atoms with Crippen LogP contribution in [0.4, 0.5) is 0 Å². The number of hydrogen-bond acceptors (Lipinski definition) is 1. The number of β-lactam (4-membered cyclic amide) rings is 1. The third kappa shape index (κ3) is 0.846. The Morgan fingerprint density at radius 3 is 2.78 bits per heavy atom. The first-order chi connectivity index (χ1) is 4.29. The van der Waals surface area contributed by atoms with Crippen LogP contribution in [0.2, 0.25) is 0 Å². The second-order valence-electron chi connectivity index (χ2n) is 2.28. The minimum Gasteiger partial charge on any atom is -0.349 e. The van der Waals surface area contributed by atoms with Crippen molar-refractivity contribution >= 4 is 5.91 Å². The lowest BCUT2D eigenvalue weighted by Gasteiger charge is -2.33. The van der Waals surface area contributed by atoms with Gasteiger partial charge in [-0.1, -0.05) is 13.0 Å². The molecule has 2 nitrogen and oxygen atoms in total. The molecule has 2 atom stereocenters. The van der Waals surface area contributed by atoms with Crippen LogP contribution in [0, 0.1) is 5.92 Å². The molecule has 0 spiro atoms. The Labute approximate surface area is 54.9 Å². The zero-order valence-electron chi connectivity index (χ0n) is 5.55. The van der Waals surface area contributed by atoms with E-state index in [1.54, 1.807) is 6.08 Å². The highest BCUT2D eigenvalue weighted by molar-refractivity contribution is 5.86. The van der Waals surface area contributed by atoms with Gasteiger partial charge in [0.2, 0.25) is 5.91 Å². The van der Waals surface area contributed by atoms with Gasteiger partial charge in [-0.2, -0.15) is 0 Å². The van der Waals surface area contributed by atoms with Crippen molar-refractivity contribution in [3.63, 3.8) is 0 Å². The third-order valence-corrected chi connectivity index (χ3v) is 1.77. The van der Waals surface area contributed by atoms with Crippen molar-refractivity contribution in [2.75, 3.05) is 0 Å². The standard InChI is InChI=1S/C7H11NO/c1-3-5-6(4-2)8-7(5)9/h4-6H,2-3H2,1H3,(H,8,9)/t5-,6-/m1/s1. The van der Waals surface area contributed by atoms with E-state index in [-0.39, 0.29) is 17.9 Å². The molecule has 0 bridgehead atoms. The van der Waals surface area contributed by atoms with E-state index >= 15 is 0 Å². The summed E-state index contributed by atoms with van der Waals surface area (Å²) < 4.78 is 0. The molecule has 1 rings (SSSR count). The van der Waals surface area contributed by atoms with Crippen LogP contribution < -0.4 is 5.32 Å². The van der Waals surface area contributed by atoms with Crippen LogP contribution >= 0.6 is 0 Å². The third-order valence-electron chi connectivity index (χ3n) is 1.77. The Bertz CT molecular complexity index is 142. The number of hydrogen-bond donors (Lipinski definition) is 1. The highest BCUT2D eigenvalue weighted by Crippen LogP contribution is 2.18. The number of amides is 1. The Hall–Kier alpha value is -0.790. The van der Waals surface area contributed by atoms with Crippen molar-refractivity contribution in [1.29, 1.82) is 0 Å². The van der Waals surface area contributed by atoms with E-state index in [1.807, 2.05) is 6.92 Å². The lowest BCUT2D eigenvalue weighted by molar-refractivity contribution is -0.133. The van der Waals surface area contributed by atoms with Gasteiger partial charge < -0.3 is 5.32 Å². The molecule has 0 aromatic rings. The molecule has 1 N–H and O–H groups in total. The lowest BCUT2D eigenvalue weighted by atomic mass is 9.88. The first-order valence-electron chi connectivity index (χ1n) is 3.22. The van der Waals surface area contributed by atoms with E-state index in [1.165, 1.54) is 0 Å². The fraction of sp³-hybridized carbons (Fsp3) is 0.571. The van der Waals surface area contributed by atoms with Gasteiger partial charge in [0.05, 0.1) is 12.0 Å². The second kappa shape index (κ2) is 2.21. The highest BCUT2D eigenvalue weighted by Gasteiger charge is 2.34. The van der Waals surface area contributed by atoms with Crippen LogP contribution in [0.1, 0.15) is 13.3 Å². The number of carbonyl (C=O) groups is 1. The molecule has 0 aromatic carbocycles. The molecular weight excluding hydrogens is 114 g/mol. The maximum Gasteiger partial charge on any atom is 0.225 e. The number of carbonyl (C=O) groups excluding carboxylic acids is 1. The normalized spacial score (nSPS) is 32.8. The molecule has 1 fully saturated rings. The van der Waals surface area contributed by atoms with E-state index < -0.39 is 0 Å². The molecule has 1 saturated heterocycles. The predicted octanol–water partition coefficient (Wildman–Crippen LogP) is 0.697. The summed E-state index contributed by atoms with van der Waals surface area (Å²) in [7, 11) is 0. The van der Waals surface area contributed by atoms with Crippen molar-refractivity contribution in [2.24, 2.45) is 5.92 Å².